The normalized spacial score (nSPS) is 17.0. The topological polar surface area (TPSA) is 25.4 Å². The molecule has 0 spiro atoms. The Morgan fingerprint density at radius 3 is 3.04 bits per heavy atom. The summed E-state index contributed by atoms with van der Waals surface area (Å²) in [5, 5.41) is 0.716. The van der Waals surface area contributed by atoms with Crippen molar-refractivity contribution in [2.45, 2.75) is 19.4 Å². The quantitative estimate of drug-likeness (QED) is 0.780. The number of nitrogens with zero attached hydrogens (tertiary/aromatic N) is 2. The van der Waals surface area contributed by atoms with Gasteiger partial charge in [0, 0.05) is 29.4 Å². The number of halogens is 1. The molecule has 0 bridgehead atoms. The molecule has 0 saturated carbocycles. The van der Waals surface area contributed by atoms with Gasteiger partial charge in [0.05, 0.1) is 12.7 Å². The van der Waals surface area contributed by atoms with Gasteiger partial charge < -0.3 is 4.74 Å². The summed E-state index contributed by atoms with van der Waals surface area (Å²) in [6, 6.07) is 10.2. The number of ether oxygens (including phenoxy) is 1. The zero-order valence-electron chi connectivity index (χ0n) is 13.1. The van der Waals surface area contributed by atoms with E-state index in [1.165, 1.54) is 0 Å². The zero-order chi connectivity index (χ0) is 16.1. The lowest BCUT2D eigenvalue weighted by molar-refractivity contribution is 0.0642. The number of rotatable bonds is 5. The molecule has 23 heavy (non-hydrogen) atoms. The van der Waals surface area contributed by atoms with E-state index in [2.05, 4.69) is 21.7 Å². The van der Waals surface area contributed by atoms with Gasteiger partial charge in [-0.25, -0.2) is 0 Å². The second kappa shape index (κ2) is 7.50. The molecule has 1 fully saturated rings. The number of benzene rings is 1. The Labute approximate surface area is 142 Å². The summed E-state index contributed by atoms with van der Waals surface area (Å²) in [5.41, 5.74) is 2.05. The van der Waals surface area contributed by atoms with Gasteiger partial charge in [0.25, 0.3) is 0 Å². The summed E-state index contributed by atoms with van der Waals surface area (Å²) < 4.78 is 6.05. The van der Waals surface area contributed by atoms with Crippen molar-refractivity contribution in [3.8, 4) is 28.7 Å². The maximum absolute atomic E-state index is 6.10. The first-order valence-corrected chi connectivity index (χ1v) is 8.12. The number of pyridine rings is 1. The minimum atomic E-state index is 0.434. The highest BCUT2D eigenvalue weighted by atomic mass is 35.5. The molecule has 118 valence electrons. The largest absolute Gasteiger partial charge is 0.490 e. The highest BCUT2D eigenvalue weighted by molar-refractivity contribution is 6.30. The second-order valence-corrected chi connectivity index (χ2v) is 5.97. The van der Waals surface area contributed by atoms with Gasteiger partial charge in [-0.1, -0.05) is 29.7 Å². The molecule has 0 N–H and O–H groups in total. The fourth-order valence-electron chi connectivity index (χ4n) is 2.65. The van der Waals surface area contributed by atoms with Crippen LogP contribution >= 0.6 is 11.6 Å². The van der Waals surface area contributed by atoms with Crippen LogP contribution in [0.4, 0.5) is 0 Å². The highest BCUT2D eigenvalue weighted by Gasteiger charge is 2.27. The molecule has 3 nitrogen and oxygen atoms in total. The Balaban J connectivity index is 1.70. The Morgan fingerprint density at radius 2 is 2.30 bits per heavy atom. The Morgan fingerprint density at radius 1 is 1.39 bits per heavy atom. The van der Waals surface area contributed by atoms with E-state index >= 15 is 0 Å². The lowest BCUT2D eigenvalue weighted by Crippen LogP contribution is -2.50. The van der Waals surface area contributed by atoms with Crippen LogP contribution in [0.15, 0.2) is 42.7 Å². The number of hydrogen-bond donors (Lipinski definition) is 0. The first-order chi connectivity index (χ1) is 11.3. The van der Waals surface area contributed by atoms with Crippen molar-refractivity contribution < 1.29 is 4.74 Å². The van der Waals surface area contributed by atoms with Crippen LogP contribution in [0.3, 0.4) is 0 Å². The van der Waals surface area contributed by atoms with Crippen LogP contribution in [0, 0.1) is 11.8 Å². The van der Waals surface area contributed by atoms with Gasteiger partial charge in [-0.2, -0.15) is 0 Å². The molecule has 0 amide bonds. The molecule has 1 aromatic heterocycles. The lowest BCUT2D eigenvalue weighted by atomic mass is 10.0. The van der Waals surface area contributed by atoms with Crippen molar-refractivity contribution in [2.75, 3.05) is 19.7 Å². The number of aromatic nitrogens is 1. The first kappa shape index (κ1) is 15.9. The number of likely N-dealkylation sites (tertiary alicyclic amines) is 1. The van der Waals surface area contributed by atoms with Gasteiger partial charge in [0.2, 0.25) is 0 Å². The van der Waals surface area contributed by atoms with Gasteiger partial charge in [0.1, 0.15) is 12.4 Å². The predicted molar refractivity (Wildman–Crippen MR) is 93.6 cm³/mol. The summed E-state index contributed by atoms with van der Waals surface area (Å²) in [5.74, 6) is 6.85. The summed E-state index contributed by atoms with van der Waals surface area (Å²) >= 11 is 6.10. The molecule has 3 rings (SSSR count). The molecule has 1 aliphatic rings. The fraction of sp³-hybridized carbons (Fsp3) is 0.316. The molecule has 2 aromatic rings. The van der Waals surface area contributed by atoms with Crippen LogP contribution in [-0.4, -0.2) is 35.6 Å². The first-order valence-electron chi connectivity index (χ1n) is 7.74. The van der Waals surface area contributed by atoms with Crippen molar-refractivity contribution in [3.05, 3.63) is 47.7 Å². The minimum Gasteiger partial charge on any atom is -0.490 e. The average molecular weight is 327 g/mol. The highest BCUT2D eigenvalue weighted by Crippen LogP contribution is 2.31. The summed E-state index contributed by atoms with van der Waals surface area (Å²) in [7, 11) is 0. The third kappa shape index (κ3) is 3.85. The van der Waals surface area contributed by atoms with Crippen molar-refractivity contribution in [3.63, 3.8) is 0 Å². The molecule has 1 atom stereocenters. The van der Waals surface area contributed by atoms with Crippen LogP contribution < -0.4 is 4.74 Å². The van der Waals surface area contributed by atoms with Crippen molar-refractivity contribution in [2.24, 2.45) is 0 Å². The fourth-order valence-corrected chi connectivity index (χ4v) is 2.84. The third-order valence-electron chi connectivity index (χ3n) is 4.08. The molecule has 1 saturated heterocycles. The van der Waals surface area contributed by atoms with E-state index in [-0.39, 0.29) is 0 Å². The van der Waals surface area contributed by atoms with Crippen LogP contribution in [0.1, 0.15) is 13.3 Å². The van der Waals surface area contributed by atoms with Gasteiger partial charge in [-0.3, -0.25) is 9.88 Å². The molecular weight excluding hydrogens is 308 g/mol. The van der Waals surface area contributed by atoms with E-state index < -0.39 is 0 Å². The molecule has 4 heteroatoms. The van der Waals surface area contributed by atoms with E-state index in [0.29, 0.717) is 17.7 Å². The smallest absolute Gasteiger partial charge is 0.145 e. The average Bonchev–Trinajstić information content (AvgIpc) is 2.55. The van der Waals surface area contributed by atoms with Crippen LogP contribution in [0.2, 0.25) is 5.02 Å². The van der Waals surface area contributed by atoms with Gasteiger partial charge in [0.15, 0.2) is 0 Å². The SMILES string of the molecule is CC#CCN1CC[C@@H]1COc1cnccc1-c1cccc(Cl)c1. The van der Waals surface area contributed by atoms with Crippen molar-refractivity contribution in [1.82, 2.24) is 9.88 Å². The summed E-state index contributed by atoms with van der Waals surface area (Å²) in [4.78, 5) is 6.53. The maximum Gasteiger partial charge on any atom is 0.145 e. The second-order valence-electron chi connectivity index (χ2n) is 5.53. The Bertz CT molecular complexity index is 735. The molecule has 0 radical (unpaired) electrons. The van der Waals surface area contributed by atoms with E-state index in [1.54, 1.807) is 12.4 Å². The van der Waals surface area contributed by atoms with E-state index in [4.69, 9.17) is 16.3 Å². The Kier molecular flexibility index (Phi) is 5.17. The monoisotopic (exact) mass is 326 g/mol. The van der Waals surface area contributed by atoms with Gasteiger partial charge in [-0.15, -0.1) is 5.92 Å². The van der Waals surface area contributed by atoms with E-state index in [0.717, 1.165) is 36.4 Å². The Hall–Kier alpha value is -2.02. The van der Waals surface area contributed by atoms with Gasteiger partial charge >= 0.3 is 0 Å². The van der Waals surface area contributed by atoms with Crippen molar-refractivity contribution in [1.29, 1.82) is 0 Å². The van der Waals surface area contributed by atoms with Crippen molar-refractivity contribution >= 4 is 11.6 Å². The molecule has 0 unspecified atom stereocenters. The molecular formula is C19H19ClN2O. The van der Waals surface area contributed by atoms with Crippen LogP contribution in [0.25, 0.3) is 11.1 Å². The van der Waals surface area contributed by atoms with Crippen LogP contribution in [-0.2, 0) is 0 Å². The summed E-state index contributed by atoms with van der Waals surface area (Å²) in [6.45, 7) is 4.44. The molecule has 1 aliphatic heterocycles. The lowest BCUT2D eigenvalue weighted by Gasteiger charge is -2.39. The predicted octanol–water partition coefficient (Wildman–Crippen LogP) is 3.88. The minimum absolute atomic E-state index is 0.434. The standard InChI is InChI=1S/C19H19ClN2O/c1-2-3-10-22-11-8-17(22)14-23-19-13-21-9-7-18(19)15-5-4-6-16(20)12-15/h4-7,9,12-13,17H,8,10-11,14H2,1H3/t17-/m1/s1. The third-order valence-corrected chi connectivity index (χ3v) is 4.31. The maximum atomic E-state index is 6.10. The molecule has 0 aliphatic carbocycles. The van der Waals surface area contributed by atoms with Gasteiger partial charge in [-0.05, 0) is 37.1 Å². The van der Waals surface area contributed by atoms with E-state index in [9.17, 15) is 0 Å². The van der Waals surface area contributed by atoms with E-state index in [1.807, 2.05) is 37.3 Å². The summed E-state index contributed by atoms with van der Waals surface area (Å²) in [6.07, 6.45) is 4.69. The molecule has 2 heterocycles. The zero-order valence-corrected chi connectivity index (χ0v) is 13.9. The number of hydrogen-bond acceptors (Lipinski definition) is 3. The van der Waals surface area contributed by atoms with Crippen LogP contribution in [0.5, 0.6) is 5.75 Å². The molecule has 1 aromatic carbocycles.